The van der Waals surface area contributed by atoms with Crippen LogP contribution in [0.25, 0.3) is 0 Å². The second kappa shape index (κ2) is 14.8. The third-order valence-corrected chi connectivity index (χ3v) is 12.9. The SMILES string of the molecule is Clc1cccc(CSc2ccccc2C2=NCCC([I-]c3ccccc3CSc3ccccc3C3=NCCCN3)N2)c1. The third kappa shape index (κ3) is 7.73. The molecule has 1 unspecified atom stereocenters. The summed E-state index contributed by atoms with van der Waals surface area (Å²) in [6.07, 6.45) is 2.18. The van der Waals surface area contributed by atoms with Crippen molar-refractivity contribution in [1.82, 2.24) is 10.6 Å². The van der Waals surface area contributed by atoms with E-state index in [4.69, 9.17) is 21.6 Å². The number of nitrogens with zero attached hydrogens (tertiary/aromatic N) is 2. The Bertz CT molecular complexity index is 1590. The zero-order chi connectivity index (χ0) is 28.6. The predicted octanol–water partition coefficient (Wildman–Crippen LogP) is 4.69. The molecule has 216 valence electrons. The van der Waals surface area contributed by atoms with Gasteiger partial charge >= 0.3 is 274 Å². The summed E-state index contributed by atoms with van der Waals surface area (Å²) >= 11 is 9.71. The van der Waals surface area contributed by atoms with Crippen molar-refractivity contribution in [2.45, 2.75) is 38.2 Å². The average molecular weight is 724 g/mol. The number of hydrogen-bond donors (Lipinski definition) is 2. The first-order valence-electron chi connectivity index (χ1n) is 14.2. The Morgan fingerprint density at radius 3 is 2.26 bits per heavy atom. The Morgan fingerprint density at radius 2 is 1.48 bits per heavy atom. The van der Waals surface area contributed by atoms with Gasteiger partial charge in [-0.3, -0.25) is 0 Å². The Morgan fingerprint density at radius 1 is 0.762 bits per heavy atom. The van der Waals surface area contributed by atoms with Crippen molar-refractivity contribution in [3.05, 3.63) is 128 Å². The van der Waals surface area contributed by atoms with E-state index in [9.17, 15) is 0 Å². The number of benzene rings is 4. The molecule has 6 rings (SSSR count). The Labute approximate surface area is 272 Å². The molecule has 0 radical (unpaired) electrons. The molecule has 42 heavy (non-hydrogen) atoms. The van der Waals surface area contributed by atoms with Crippen molar-refractivity contribution in [2.75, 3.05) is 19.6 Å². The number of alkyl halides is 1. The summed E-state index contributed by atoms with van der Waals surface area (Å²) in [5.41, 5.74) is 5.07. The second-order valence-electron chi connectivity index (χ2n) is 10.0. The molecule has 2 N–H and O–H groups in total. The van der Waals surface area contributed by atoms with Crippen LogP contribution in [0.15, 0.2) is 117 Å². The van der Waals surface area contributed by atoms with Gasteiger partial charge in [-0.1, -0.05) is 0 Å². The zero-order valence-electron chi connectivity index (χ0n) is 23.2. The van der Waals surface area contributed by atoms with Crippen LogP contribution in [0, 0.1) is 3.57 Å². The summed E-state index contributed by atoms with van der Waals surface area (Å²) < 4.78 is 1.96. The van der Waals surface area contributed by atoms with Gasteiger partial charge < -0.3 is 0 Å². The van der Waals surface area contributed by atoms with Crippen molar-refractivity contribution in [3.63, 3.8) is 0 Å². The van der Waals surface area contributed by atoms with Gasteiger partial charge in [0.2, 0.25) is 0 Å². The molecule has 8 heteroatoms. The Hall–Kier alpha value is -2.46. The summed E-state index contributed by atoms with van der Waals surface area (Å²) in [5.74, 6) is 3.89. The van der Waals surface area contributed by atoms with Gasteiger partial charge in [0, 0.05) is 0 Å². The van der Waals surface area contributed by atoms with Crippen LogP contribution in [0.2, 0.25) is 5.02 Å². The van der Waals surface area contributed by atoms with Crippen molar-refractivity contribution in [1.29, 1.82) is 0 Å². The molecule has 0 aliphatic carbocycles. The van der Waals surface area contributed by atoms with Gasteiger partial charge in [-0.05, 0) is 0 Å². The summed E-state index contributed by atoms with van der Waals surface area (Å²) in [5, 5.41) is 8.13. The fraction of sp³-hybridized carbons (Fsp3) is 0.235. The molecule has 0 bridgehead atoms. The predicted molar refractivity (Wildman–Crippen MR) is 176 cm³/mol. The van der Waals surface area contributed by atoms with E-state index in [0.717, 1.165) is 60.7 Å². The van der Waals surface area contributed by atoms with Gasteiger partial charge in [-0.25, -0.2) is 0 Å². The molecule has 0 saturated heterocycles. The third-order valence-electron chi connectivity index (χ3n) is 7.00. The first kappa shape index (κ1) is 29.6. The van der Waals surface area contributed by atoms with Gasteiger partial charge in [0.05, 0.1) is 0 Å². The molecule has 4 aromatic rings. The maximum atomic E-state index is 6.22. The van der Waals surface area contributed by atoms with Crippen molar-refractivity contribution < 1.29 is 21.2 Å². The first-order valence-corrected chi connectivity index (χ1v) is 18.9. The molecule has 2 aliphatic heterocycles. The monoisotopic (exact) mass is 723 g/mol. The molecule has 1 atom stereocenters. The summed E-state index contributed by atoms with van der Waals surface area (Å²) in [6, 6.07) is 34.4. The summed E-state index contributed by atoms with van der Waals surface area (Å²) in [4.78, 5) is 12.2. The number of aliphatic imine (C=N–C) groups is 2. The summed E-state index contributed by atoms with van der Waals surface area (Å²) in [7, 11) is 0. The average Bonchev–Trinajstić information content (AvgIpc) is 3.04. The van der Waals surface area contributed by atoms with E-state index >= 15 is 0 Å². The Balaban J connectivity index is 1.12. The number of hydrogen-bond acceptors (Lipinski definition) is 6. The van der Waals surface area contributed by atoms with Crippen molar-refractivity contribution >= 4 is 46.8 Å². The van der Waals surface area contributed by atoms with Crippen molar-refractivity contribution in [3.8, 4) is 0 Å². The fourth-order valence-electron chi connectivity index (χ4n) is 4.90. The zero-order valence-corrected chi connectivity index (χ0v) is 27.8. The van der Waals surface area contributed by atoms with Crippen LogP contribution in [-0.4, -0.2) is 35.4 Å². The van der Waals surface area contributed by atoms with Gasteiger partial charge in [-0.2, -0.15) is 0 Å². The molecule has 0 fully saturated rings. The van der Waals surface area contributed by atoms with Crippen LogP contribution in [0.4, 0.5) is 0 Å². The maximum absolute atomic E-state index is 6.22. The van der Waals surface area contributed by atoms with Gasteiger partial charge in [0.25, 0.3) is 0 Å². The molecule has 2 heterocycles. The Kier molecular flexibility index (Phi) is 10.4. The van der Waals surface area contributed by atoms with Crippen LogP contribution in [0.3, 0.4) is 0 Å². The van der Waals surface area contributed by atoms with E-state index < -0.39 is 0 Å². The van der Waals surface area contributed by atoms with Gasteiger partial charge in [-0.15, -0.1) is 0 Å². The first-order chi connectivity index (χ1) is 20.7. The molecule has 0 saturated carbocycles. The topological polar surface area (TPSA) is 48.8 Å². The van der Waals surface area contributed by atoms with E-state index in [1.54, 1.807) is 0 Å². The van der Waals surface area contributed by atoms with Gasteiger partial charge in [0.1, 0.15) is 0 Å². The van der Waals surface area contributed by atoms with Crippen molar-refractivity contribution in [2.24, 2.45) is 9.98 Å². The van der Waals surface area contributed by atoms with Gasteiger partial charge in [0.15, 0.2) is 0 Å². The van der Waals surface area contributed by atoms with E-state index in [1.807, 2.05) is 41.7 Å². The molecule has 4 nitrogen and oxygen atoms in total. The van der Waals surface area contributed by atoms with Crippen LogP contribution < -0.4 is 31.8 Å². The standard InChI is InChI=1S/C34H33ClIN4S2/c35-26-11-7-9-24(21-26)22-41-31-16-6-3-13-28(31)34-39-20-17-32(40-34)36-29-14-4-1-10-25(29)23-42-30-15-5-2-12-27(30)33-37-18-8-19-38-33/h1-7,9-16,21,32H,8,17-20,22-23H2,(H,37,38)(H,39,40)/q-1. The second-order valence-corrected chi connectivity index (χ2v) is 15.8. The molecule has 0 spiro atoms. The number of nitrogens with one attached hydrogen (secondary N) is 2. The van der Waals surface area contributed by atoms with Crippen LogP contribution in [0.1, 0.15) is 35.1 Å². The quantitative estimate of drug-likeness (QED) is 0.108. The molecule has 4 aromatic carbocycles. The minimum atomic E-state index is -0.260. The van der Waals surface area contributed by atoms with E-state index in [1.165, 1.54) is 35.6 Å². The van der Waals surface area contributed by atoms with Crippen LogP contribution in [0.5, 0.6) is 0 Å². The van der Waals surface area contributed by atoms with Crippen LogP contribution >= 0.6 is 35.1 Å². The number of amidine groups is 2. The number of thioether (sulfide) groups is 2. The van der Waals surface area contributed by atoms with E-state index in [2.05, 4.69) is 89.5 Å². The van der Waals surface area contributed by atoms with E-state index in [-0.39, 0.29) is 21.2 Å². The van der Waals surface area contributed by atoms with Crippen LogP contribution in [-0.2, 0) is 11.5 Å². The summed E-state index contributed by atoms with van der Waals surface area (Å²) in [6.45, 7) is 2.76. The number of halogens is 2. The normalized spacial score (nSPS) is 16.7. The fourth-order valence-corrected chi connectivity index (χ4v) is 10.5. The molecule has 0 aromatic heterocycles. The van der Waals surface area contributed by atoms with E-state index in [0.29, 0.717) is 4.05 Å². The molecule has 2 aliphatic rings. The minimum absolute atomic E-state index is 0.260. The number of rotatable bonds is 10. The molecule has 0 amide bonds. The molecular weight excluding hydrogens is 691 g/mol. The molecular formula is C34H33ClIN4S2-.